The molecule has 2 aromatic carbocycles. The molecule has 1 aromatic heterocycles. The molecule has 5 heteroatoms. The second kappa shape index (κ2) is 10.8. The van der Waals surface area contributed by atoms with Gasteiger partial charge in [0.05, 0.1) is 7.11 Å². The third-order valence-electron chi connectivity index (χ3n) is 4.77. The number of hydrogen-bond acceptors (Lipinski definition) is 4. The smallest absolute Gasteiger partial charge is 0.161 e. The van der Waals surface area contributed by atoms with Gasteiger partial charge in [-0.15, -0.1) is 0 Å². The monoisotopic (exact) mass is 410 g/mol. The zero-order chi connectivity index (χ0) is 20.5. The first-order chi connectivity index (χ1) is 14.1. The first kappa shape index (κ1) is 21.2. The van der Waals surface area contributed by atoms with Crippen molar-refractivity contribution in [3.05, 3.63) is 88.7 Å². The van der Waals surface area contributed by atoms with Gasteiger partial charge in [-0.1, -0.05) is 54.1 Å². The third kappa shape index (κ3) is 6.77. The second-order valence-electron chi connectivity index (χ2n) is 7.07. The van der Waals surface area contributed by atoms with E-state index >= 15 is 0 Å². The molecule has 152 valence electrons. The highest BCUT2D eigenvalue weighted by Crippen LogP contribution is 2.29. The molecule has 1 unspecified atom stereocenters. The minimum Gasteiger partial charge on any atom is -0.493 e. The number of nitrogens with one attached hydrogen (secondary N) is 1. The van der Waals surface area contributed by atoms with Crippen molar-refractivity contribution < 1.29 is 9.47 Å². The van der Waals surface area contributed by atoms with Gasteiger partial charge in [0.15, 0.2) is 11.5 Å². The van der Waals surface area contributed by atoms with E-state index in [1.807, 2.05) is 18.2 Å². The molecule has 1 atom stereocenters. The molecule has 0 spiro atoms. The van der Waals surface area contributed by atoms with Crippen molar-refractivity contribution >= 4 is 11.6 Å². The molecule has 1 N–H and O–H groups in total. The van der Waals surface area contributed by atoms with E-state index in [1.54, 1.807) is 19.4 Å². The van der Waals surface area contributed by atoms with Gasteiger partial charge in [0.25, 0.3) is 0 Å². The molecule has 29 heavy (non-hydrogen) atoms. The zero-order valence-electron chi connectivity index (χ0n) is 16.9. The van der Waals surface area contributed by atoms with E-state index < -0.39 is 0 Å². The van der Waals surface area contributed by atoms with Crippen LogP contribution in [0, 0.1) is 0 Å². The average Bonchev–Trinajstić information content (AvgIpc) is 2.76. The summed E-state index contributed by atoms with van der Waals surface area (Å²) < 4.78 is 11.4. The van der Waals surface area contributed by atoms with Gasteiger partial charge in [-0.25, -0.2) is 4.98 Å². The van der Waals surface area contributed by atoms with Gasteiger partial charge in [0.1, 0.15) is 11.8 Å². The highest BCUT2D eigenvalue weighted by atomic mass is 35.5. The van der Waals surface area contributed by atoms with Crippen molar-refractivity contribution in [1.29, 1.82) is 0 Å². The molecule has 0 fully saturated rings. The van der Waals surface area contributed by atoms with E-state index in [0.29, 0.717) is 23.6 Å². The summed E-state index contributed by atoms with van der Waals surface area (Å²) >= 11 is 5.82. The molecular weight excluding hydrogens is 384 g/mol. The normalized spacial score (nSPS) is 11.8. The molecule has 0 aliphatic rings. The Morgan fingerprint density at radius 2 is 1.76 bits per heavy atom. The van der Waals surface area contributed by atoms with Crippen molar-refractivity contribution in [2.45, 2.75) is 39.0 Å². The fraction of sp³-hybridized carbons (Fsp3) is 0.292. The number of aryl methyl sites for hydroxylation is 1. The van der Waals surface area contributed by atoms with E-state index in [2.05, 4.69) is 53.6 Å². The average molecular weight is 411 g/mol. The largest absolute Gasteiger partial charge is 0.493 e. The quantitative estimate of drug-likeness (QED) is 0.452. The van der Waals surface area contributed by atoms with Crippen LogP contribution in [0.2, 0.25) is 5.15 Å². The maximum Gasteiger partial charge on any atom is 0.161 e. The molecule has 4 nitrogen and oxygen atoms in total. The van der Waals surface area contributed by atoms with Gasteiger partial charge in [-0.3, -0.25) is 0 Å². The molecule has 0 amide bonds. The minimum atomic E-state index is 0.411. The lowest BCUT2D eigenvalue weighted by molar-refractivity contribution is 0.284. The van der Waals surface area contributed by atoms with E-state index in [9.17, 15) is 0 Å². The predicted octanol–water partition coefficient (Wildman–Crippen LogP) is 5.43. The van der Waals surface area contributed by atoms with Gasteiger partial charge in [0.2, 0.25) is 0 Å². The predicted molar refractivity (Wildman–Crippen MR) is 118 cm³/mol. The number of nitrogens with zero attached hydrogens (tertiary/aromatic N) is 1. The Morgan fingerprint density at radius 3 is 2.48 bits per heavy atom. The van der Waals surface area contributed by atoms with Crippen LogP contribution in [0.4, 0.5) is 0 Å². The Balaban J connectivity index is 1.50. The van der Waals surface area contributed by atoms with Gasteiger partial charge in [0, 0.05) is 24.3 Å². The Bertz CT molecular complexity index is 885. The van der Waals surface area contributed by atoms with Crippen molar-refractivity contribution in [2.75, 3.05) is 7.11 Å². The van der Waals surface area contributed by atoms with Crippen molar-refractivity contribution in [1.82, 2.24) is 10.3 Å². The lowest BCUT2D eigenvalue weighted by Crippen LogP contribution is -2.26. The van der Waals surface area contributed by atoms with E-state index in [4.69, 9.17) is 21.1 Å². The van der Waals surface area contributed by atoms with Crippen molar-refractivity contribution in [3.63, 3.8) is 0 Å². The van der Waals surface area contributed by atoms with Gasteiger partial charge in [-0.2, -0.15) is 0 Å². The number of methoxy groups -OCH3 is 1. The van der Waals surface area contributed by atoms with Crippen molar-refractivity contribution in [2.24, 2.45) is 0 Å². The number of halogens is 1. The molecule has 3 aromatic rings. The highest BCUT2D eigenvalue weighted by Gasteiger charge is 2.08. The van der Waals surface area contributed by atoms with Gasteiger partial charge < -0.3 is 14.8 Å². The summed E-state index contributed by atoms with van der Waals surface area (Å²) in [6.07, 6.45) is 3.88. The number of aromatic nitrogens is 1. The summed E-state index contributed by atoms with van der Waals surface area (Å²) in [6.45, 7) is 3.42. The first-order valence-electron chi connectivity index (χ1n) is 9.81. The lowest BCUT2D eigenvalue weighted by Gasteiger charge is -2.16. The van der Waals surface area contributed by atoms with Crippen LogP contribution >= 0.6 is 11.6 Å². The molecule has 3 rings (SSSR count). The van der Waals surface area contributed by atoms with Crippen LogP contribution in [-0.2, 0) is 19.6 Å². The summed E-state index contributed by atoms with van der Waals surface area (Å²) in [5.41, 5.74) is 3.49. The SMILES string of the molecule is COc1cc(CNC(C)CCc2ccccc2)ccc1OCc1ccc(Cl)nc1. The lowest BCUT2D eigenvalue weighted by atomic mass is 10.1. The van der Waals surface area contributed by atoms with Crippen LogP contribution in [0.1, 0.15) is 30.0 Å². The van der Waals surface area contributed by atoms with Crippen LogP contribution in [0.5, 0.6) is 11.5 Å². The second-order valence-corrected chi connectivity index (χ2v) is 7.46. The molecule has 0 saturated carbocycles. The summed E-state index contributed by atoms with van der Waals surface area (Å²) in [4.78, 5) is 4.07. The van der Waals surface area contributed by atoms with Crippen LogP contribution in [0.25, 0.3) is 0 Å². The molecule has 0 aliphatic heterocycles. The Morgan fingerprint density at radius 1 is 0.966 bits per heavy atom. The van der Waals surface area contributed by atoms with E-state index in [-0.39, 0.29) is 0 Å². The van der Waals surface area contributed by atoms with Crippen LogP contribution in [0.15, 0.2) is 66.9 Å². The Labute approximate surface area is 177 Å². The maximum absolute atomic E-state index is 5.89. The topological polar surface area (TPSA) is 43.4 Å². The molecular formula is C24H27ClN2O2. The molecule has 0 radical (unpaired) electrons. The number of benzene rings is 2. The molecule has 0 bridgehead atoms. The molecule has 1 heterocycles. The van der Waals surface area contributed by atoms with Crippen LogP contribution in [0.3, 0.4) is 0 Å². The third-order valence-corrected chi connectivity index (χ3v) is 5.00. The fourth-order valence-electron chi connectivity index (χ4n) is 3.02. The highest BCUT2D eigenvalue weighted by molar-refractivity contribution is 6.29. The van der Waals surface area contributed by atoms with Crippen molar-refractivity contribution in [3.8, 4) is 11.5 Å². The Kier molecular flexibility index (Phi) is 7.91. The standard InChI is InChI=1S/C24H27ClN2O2/c1-18(8-9-19-6-4-3-5-7-19)26-15-20-10-12-22(23(14-20)28-2)29-17-21-11-13-24(25)27-16-21/h3-7,10-14,16,18,26H,8-9,15,17H2,1-2H3. The van der Waals surface area contributed by atoms with Gasteiger partial charge in [-0.05, 0) is 49.1 Å². The fourth-order valence-corrected chi connectivity index (χ4v) is 3.13. The maximum atomic E-state index is 5.89. The summed E-state index contributed by atoms with van der Waals surface area (Å²) in [6, 6.07) is 20.7. The number of pyridine rings is 1. The molecule has 0 aliphatic carbocycles. The zero-order valence-corrected chi connectivity index (χ0v) is 17.7. The van der Waals surface area contributed by atoms with Crippen LogP contribution in [-0.4, -0.2) is 18.1 Å². The number of ether oxygens (including phenoxy) is 2. The summed E-state index contributed by atoms with van der Waals surface area (Å²) in [5, 5.41) is 4.06. The van der Waals surface area contributed by atoms with Gasteiger partial charge >= 0.3 is 0 Å². The molecule has 0 saturated heterocycles. The first-order valence-corrected chi connectivity index (χ1v) is 10.2. The summed E-state index contributed by atoms with van der Waals surface area (Å²) in [5.74, 6) is 1.44. The van der Waals surface area contributed by atoms with Crippen LogP contribution < -0.4 is 14.8 Å². The Hall–Kier alpha value is -2.56. The summed E-state index contributed by atoms with van der Waals surface area (Å²) in [7, 11) is 1.66. The van der Waals surface area contributed by atoms with E-state index in [0.717, 1.165) is 36.3 Å². The van der Waals surface area contributed by atoms with E-state index in [1.165, 1.54) is 5.56 Å². The number of hydrogen-bond donors (Lipinski definition) is 1. The number of rotatable bonds is 10. The minimum absolute atomic E-state index is 0.411.